The molecule has 1 aromatic heterocycles. The van der Waals surface area contributed by atoms with Crippen LogP contribution in [0.25, 0.3) is 10.1 Å². The molecule has 16 heavy (non-hydrogen) atoms. The van der Waals surface area contributed by atoms with Gasteiger partial charge in [0.2, 0.25) is 0 Å². The molecule has 0 atom stereocenters. The van der Waals surface area contributed by atoms with E-state index in [1.807, 2.05) is 50.4 Å². The third-order valence-electron chi connectivity index (χ3n) is 2.10. The zero-order chi connectivity index (χ0) is 11.8. The van der Waals surface area contributed by atoms with Crippen molar-refractivity contribution >= 4 is 27.4 Å². The van der Waals surface area contributed by atoms with Gasteiger partial charge in [0.15, 0.2) is 0 Å². The molecule has 3 heteroatoms. The lowest BCUT2D eigenvalue weighted by atomic mass is 10.1. The van der Waals surface area contributed by atoms with Crippen LogP contribution < -0.4 is 0 Å². The summed E-state index contributed by atoms with van der Waals surface area (Å²) in [6.07, 6.45) is 0. The summed E-state index contributed by atoms with van der Waals surface area (Å²) in [5, 5.41) is 2.83. The van der Waals surface area contributed by atoms with Crippen LogP contribution in [0.1, 0.15) is 31.1 Å². The van der Waals surface area contributed by atoms with Crippen molar-refractivity contribution in [2.24, 2.45) is 0 Å². The molecule has 0 radical (unpaired) electrons. The summed E-state index contributed by atoms with van der Waals surface area (Å²) in [5.74, 6) is -0.245. The number of carbonyl (C=O) groups excluding carboxylic acids is 1. The fraction of sp³-hybridized carbons (Fsp3) is 0.308. The molecule has 0 N–H and O–H groups in total. The molecule has 1 aromatic carbocycles. The molecule has 0 bridgehead atoms. The molecule has 0 aliphatic heterocycles. The van der Waals surface area contributed by atoms with E-state index in [4.69, 9.17) is 4.74 Å². The Morgan fingerprint density at radius 2 is 1.94 bits per heavy atom. The summed E-state index contributed by atoms with van der Waals surface area (Å²) >= 11 is 1.57. The summed E-state index contributed by atoms with van der Waals surface area (Å²) < 4.78 is 6.47. The van der Waals surface area contributed by atoms with E-state index in [9.17, 15) is 4.79 Å². The fourth-order valence-electron chi connectivity index (χ4n) is 1.47. The predicted molar refractivity (Wildman–Crippen MR) is 67.0 cm³/mol. The van der Waals surface area contributed by atoms with Crippen molar-refractivity contribution in [1.29, 1.82) is 0 Å². The number of carbonyl (C=O) groups is 1. The molecule has 0 saturated heterocycles. The first kappa shape index (κ1) is 11.1. The zero-order valence-electron chi connectivity index (χ0n) is 9.61. The van der Waals surface area contributed by atoms with Crippen molar-refractivity contribution in [2.75, 3.05) is 0 Å². The highest BCUT2D eigenvalue weighted by Gasteiger charge is 2.20. The van der Waals surface area contributed by atoms with Crippen LogP contribution in [0.15, 0.2) is 29.6 Å². The van der Waals surface area contributed by atoms with Gasteiger partial charge in [-0.15, -0.1) is 11.3 Å². The molecule has 2 rings (SSSR count). The lowest BCUT2D eigenvalue weighted by molar-refractivity contribution is 0.00724. The van der Waals surface area contributed by atoms with Gasteiger partial charge in [0.1, 0.15) is 5.60 Å². The topological polar surface area (TPSA) is 26.3 Å². The number of thiophene rings is 1. The van der Waals surface area contributed by atoms with E-state index >= 15 is 0 Å². The zero-order valence-corrected chi connectivity index (χ0v) is 10.4. The maximum atomic E-state index is 11.9. The molecule has 0 amide bonds. The van der Waals surface area contributed by atoms with Crippen molar-refractivity contribution in [2.45, 2.75) is 26.4 Å². The van der Waals surface area contributed by atoms with E-state index in [0.29, 0.717) is 5.56 Å². The Morgan fingerprint density at radius 3 is 2.62 bits per heavy atom. The van der Waals surface area contributed by atoms with Gasteiger partial charge in [0.25, 0.3) is 0 Å². The average Bonchev–Trinajstić information content (AvgIpc) is 2.58. The van der Waals surface area contributed by atoms with Crippen LogP contribution in [0, 0.1) is 0 Å². The number of rotatable bonds is 1. The Morgan fingerprint density at radius 1 is 1.25 bits per heavy atom. The molecule has 1 heterocycles. The van der Waals surface area contributed by atoms with E-state index in [-0.39, 0.29) is 5.97 Å². The summed E-state index contributed by atoms with van der Waals surface area (Å²) in [4.78, 5) is 11.9. The molecule has 0 spiro atoms. The number of benzene rings is 1. The van der Waals surface area contributed by atoms with E-state index in [1.54, 1.807) is 11.3 Å². The van der Waals surface area contributed by atoms with Crippen molar-refractivity contribution < 1.29 is 9.53 Å². The average molecular weight is 234 g/mol. The van der Waals surface area contributed by atoms with Crippen LogP contribution in [-0.2, 0) is 4.74 Å². The minimum atomic E-state index is -0.444. The molecule has 0 aliphatic rings. The van der Waals surface area contributed by atoms with Crippen LogP contribution in [0.4, 0.5) is 0 Å². The highest BCUT2D eigenvalue weighted by atomic mass is 32.1. The lowest BCUT2D eigenvalue weighted by Gasteiger charge is -2.19. The number of hydrogen-bond donors (Lipinski definition) is 0. The van der Waals surface area contributed by atoms with Gasteiger partial charge in [0, 0.05) is 15.5 Å². The Kier molecular flexibility index (Phi) is 2.72. The molecule has 2 nitrogen and oxygen atoms in total. The van der Waals surface area contributed by atoms with E-state index in [0.717, 1.165) is 10.1 Å². The first-order valence-corrected chi connectivity index (χ1v) is 6.05. The van der Waals surface area contributed by atoms with Crippen LogP contribution in [0.3, 0.4) is 0 Å². The third-order valence-corrected chi connectivity index (χ3v) is 3.06. The van der Waals surface area contributed by atoms with Crippen molar-refractivity contribution in [3.8, 4) is 0 Å². The minimum Gasteiger partial charge on any atom is -0.456 e. The molecule has 0 fully saturated rings. The van der Waals surface area contributed by atoms with Crippen molar-refractivity contribution in [3.63, 3.8) is 0 Å². The predicted octanol–water partition coefficient (Wildman–Crippen LogP) is 3.86. The first-order valence-electron chi connectivity index (χ1n) is 5.17. The van der Waals surface area contributed by atoms with Crippen LogP contribution in [-0.4, -0.2) is 11.6 Å². The molecule has 0 unspecified atom stereocenters. The van der Waals surface area contributed by atoms with Gasteiger partial charge in [-0.2, -0.15) is 0 Å². The van der Waals surface area contributed by atoms with Crippen LogP contribution >= 0.6 is 11.3 Å². The van der Waals surface area contributed by atoms with Crippen LogP contribution in [0.5, 0.6) is 0 Å². The second kappa shape index (κ2) is 3.91. The molecular weight excluding hydrogens is 220 g/mol. The molecular formula is C13H14O2S. The monoisotopic (exact) mass is 234 g/mol. The molecule has 2 aromatic rings. The van der Waals surface area contributed by atoms with Gasteiger partial charge >= 0.3 is 5.97 Å². The summed E-state index contributed by atoms with van der Waals surface area (Å²) in [5.41, 5.74) is 0.218. The maximum Gasteiger partial charge on any atom is 0.340 e. The highest BCUT2D eigenvalue weighted by molar-refractivity contribution is 7.17. The Balaban J connectivity index is 2.37. The number of fused-ring (bicyclic) bond motifs is 1. The summed E-state index contributed by atoms with van der Waals surface area (Å²) in [7, 11) is 0. The SMILES string of the molecule is CC(C)(C)OC(=O)c1csc2ccccc12. The molecule has 0 saturated carbocycles. The molecule has 84 valence electrons. The lowest BCUT2D eigenvalue weighted by Crippen LogP contribution is -2.23. The number of ether oxygens (including phenoxy) is 1. The Hall–Kier alpha value is -1.35. The second-order valence-corrected chi connectivity index (χ2v) is 5.56. The maximum absolute atomic E-state index is 11.9. The largest absolute Gasteiger partial charge is 0.456 e. The first-order chi connectivity index (χ1) is 7.47. The smallest absolute Gasteiger partial charge is 0.340 e. The third kappa shape index (κ3) is 2.25. The van der Waals surface area contributed by atoms with Crippen molar-refractivity contribution in [3.05, 3.63) is 35.2 Å². The van der Waals surface area contributed by atoms with Crippen molar-refractivity contribution in [1.82, 2.24) is 0 Å². The Labute approximate surface area is 98.9 Å². The quantitative estimate of drug-likeness (QED) is 0.700. The van der Waals surface area contributed by atoms with E-state index in [2.05, 4.69) is 0 Å². The number of hydrogen-bond acceptors (Lipinski definition) is 3. The normalized spacial score (nSPS) is 11.7. The highest BCUT2D eigenvalue weighted by Crippen LogP contribution is 2.27. The standard InChI is InChI=1S/C13H14O2S/c1-13(2,3)15-12(14)10-8-16-11-7-5-4-6-9(10)11/h4-8H,1-3H3. The van der Waals surface area contributed by atoms with Gasteiger partial charge in [-0.1, -0.05) is 18.2 Å². The van der Waals surface area contributed by atoms with Gasteiger partial charge < -0.3 is 4.74 Å². The van der Waals surface area contributed by atoms with Gasteiger partial charge in [-0.05, 0) is 26.8 Å². The van der Waals surface area contributed by atoms with E-state index < -0.39 is 5.60 Å². The molecule has 0 aliphatic carbocycles. The van der Waals surface area contributed by atoms with Gasteiger partial charge in [-0.3, -0.25) is 0 Å². The van der Waals surface area contributed by atoms with Gasteiger partial charge in [0.05, 0.1) is 5.56 Å². The second-order valence-electron chi connectivity index (χ2n) is 4.65. The van der Waals surface area contributed by atoms with E-state index in [1.165, 1.54) is 0 Å². The summed E-state index contributed by atoms with van der Waals surface area (Å²) in [6, 6.07) is 7.86. The fourth-order valence-corrected chi connectivity index (χ4v) is 2.40. The van der Waals surface area contributed by atoms with Gasteiger partial charge in [-0.25, -0.2) is 4.79 Å². The minimum absolute atomic E-state index is 0.245. The van der Waals surface area contributed by atoms with Crippen LogP contribution in [0.2, 0.25) is 0 Å². The summed E-state index contributed by atoms with van der Waals surface area (Å²) in [6.45, 7) is 5.62. The Bertz CT molecular complexity index is 520. The number of esters is 1.